The molecule has 0 aliphatic rings. The van der Waals surface area contributed by atoms with Gasteiger partial charge < -0.3 is 10.5 Å². The summed E-state index contributed by atoms with van der Waals surface area (Å²) < 4.78 is 4.94. The van der Waals surface area contributed by atoms with Crippen molar-refractivity contribution < 1.29 is 14.3 Å². The number of nitrogens with one attached hydrogen (secondary N) is 1. The molecular formula is C16H17N3O3S. The van der Waals surface area contributed by atoms with Gasteiger partial charge in [-0.1, -0.05) is 23.5 Å². The summed E-state index contributed by atoms with van der Waals surface area (Å²) in [5, 5.41) is 2.99. The number of carbonyl (C=O) groups is 2. The third-order valence-electron chi connectivity index (χ3n) is 2.85. The molecule has 0 radical (unpaired) electrons. The van der Waals surface area contributed by atoms with Crippen LogP contribution in [0.2, 0.25) is 0 Å². The molecule has 23 heavy (non-hydrogen) atoms. The molecule has 0 fully saturated rings. The van der Waals surface area contributed by atoms with Gasteiger partial charge in [-0.2, -0.15) is 0 Å². The normalized spacial score (nSPS) is 10.7. The fraction of sp³-hybridized carbons (Fsp3) is 0.188. The Morgan fingerprint density at radius 1 is 1.35 bits per heavy atom. The minimum Gasteiger partial charge on any atom is -0.462 e. The molecule has 0 unspecified atom stereocenters. The summed E-state index contributed by atoms with van der Waals surface area (Å²) in [6.07, 6.45) is 3.06. The third kappa shape index (κ3) is 4.65. The van der Waals surface area contributed by atoms with Crippen molar-refractivity contribution in [3.8, 4) is 0 Å². The smallest absolute Gasteiger partial charge is 0.350 e. The molecule has 1 aromatic heterocycles. The van der Waals surface area contributed by atoms with Crippen LogP contribution in [0.1, 0.15) is 27.9 Å². The molecule has 0 aliphatic carbocycles. The van der Waals surface area contributed by atoms with Crippen molar-refractivity contribution in [2.45, 2.75) is 13.8 Å². The monoisotopic (exact) mass is 331 g/mol. The number of amides is 1. The summed E-state index contributed by atoms with van der Waals surface area (Å²) in [5.41, 5.74) is 7.65. The second-order valence-corrected chi connectivity index (χ2v) is 5.64. The molecule has 7 heteroatoms. The van der Waals surface area contributed by atoms with E-state index in [9.17, 15) is 9.59 Å². The van der Waals surface area contributed by atoms with E-state index in [1.54, 1.807) is 32.1 Å². The largest absolute Gasteiger partial charge is 0.462 e. The van der Waals surface area contributed by atoms with E-state index in [4.69, 9.17) is 10.5 Å². The fourth-order valence-corrected chi connectivity index (χ4v) is 2.63. The molecule has 0 atom stereocenters. The topological polar surface area (TPSA) is 94.3 Å². The molecule has 0 aliphatic heterocycles. The Bertz CT molecular complexity index is 736. The van der Waals surface area contributed by atoms with E-state index < -0.39 is 5.97 Å². The van der Waals surface area contributed by atoms with Gasteiger partial charge in [-0.3, -0.25) is 10.1 Å². The number of rotatable bonds is 5. The predicted octanol–water partition coefficient (Wildman–Crippen LogP) is 2.86. The SMILES string of the molecule is CCOC(=O)c1sc(NC(=O)/C=C/c2ccc(N)cc2)nc1C. The maximum Gasteiger partial charge on any atom is 0.350 e. The van der Waals surface area contributed by atoms with Crippen molar-refractivity contribution >= 4 is 40.1 Å². The number of hydrogen-bond acceptors (Lipinski definition) is 6. The standard InChI is InChI=1S/C16H17N3O3S/c1-3-22-15(21)14-10(2)18-16(23-14)19-13(20)9-6-11-4-7-12(17)8-5-11/h4-9H,3,17H2,1-2H3,(H,18,19,20)/b9-6+. The van der Waals surface area contributed by atoms with Crippen molar-refractivity contribution in [2.75, 3.05) is 17.7 Å². The highest BCUT2D eigenvalue weighted by molar-refractivity contribution is 7.17. The molecule has 0 saturated heterocycles. The van der Waals surface area contributed by atoms with Crippen LogP contribution in [0, 0.1) is 6.92 Å². The van der Waals surface area contributed by atoms with E-state index in [0.29, 0.717) is 28.0 Å². The lowest BCUT2D eigenvalue weighted by atomic mass is 10.2. The molecule has 1 amide bonds. The number of ether oxygens (including phenoxy) is 1. The van der Waals surface area contributed by atoms with E-state index in [-0.39, 0.29) is 5.91 Å². The van der Waals surface area contributed by atoms with Gasteiger partial charge in [0, 0.05) is 11.8 Å². The van der Waals surface area contributed by atoms with Gasteiger partial charge in [-0.25, -0.2) is 9.78 Å². The number of thiazole rings is 1. The molecule has 0 bridgehead atoms. The predicted molar refractivity (Wildman–Crippen MR) is 91.3 cm³/mol. The van der Waals surface area contributed by atoms with Crippen molar-refractivity contribution in [3.05, 3.63) is 46.5 Å². The van der Waals surface area contributed by atoms with Crippen LogP contribution in [0.5, 0.6) is 0 Å². The number of nitrogens with zero attached hydrogens (tertiary/aromatic N) is 1. The summed E-state index contributed by atoms with van der Waals surface area (Å²) in [6, 6.07) is 7.14. The second kappa shape index (κ2) is 7.55. The number of benzene rings is 1. The van der Waals surface area contributed by atoms with Crippen LogP contribution in [0.4, 0.5) is 10.8 Å². The number of esters is 1. The minimum atomic E-state index is -0.430. The Balaban J connectivity index is 2.01. The first-order valence-electron chi connectivity index (χ1n) is 6.98. The molecule has 120 valence electrons. The zero-order chi connectivity index (χ0) is 16.8. The van der Waals surface area contributed by atoms with Gasteiger partial charge in [-0.15, -0.1) is 0 Å². The third-order valence-corrected chi connectivity index (χ3v) is 3.90. The number of anilines is 2. The van der Waals surface area contributed by atoms with Gasteiger partial charge in [0.15, 0.2) is 5.13 Å². The number of carbonyl (C=O) groups excluding carboxylic acids is 2. The molecule has 0 spiro atoms. The average molecular weight is 331 g/mol. The van der Waals surface area contributed by atoms with Gasteiger partial charge >= 0.3 is 5.97 Å². The highest BCUT2D eigenvalue weighted by Gasteiger charge is 2.16. The molecule has 2 rings (SSSR count). The van der Waals surface area contributed by atoms with Gasteiger partial charge in [0.25, 0.3) is 0 Å². The summed E-state index contributed by atoms with van der Waals surface area (Å²) in [5.74, 6) is -0.758. The molecule has 0 saturated carbocycles. The van der Waals surface area contributed by atoms with E-state index in [1.807, 2.05) is 12.1 Å². The minimum absolute atomic E-state index is 0.294. The Hall–Kier alpha value is -2.67. The van der Waals surface area contributed by atoms with Crippen LogP contribution in [0.3, 0.4) is 0 Å². The second-order valence-electron chi connectivity index (χ2n) is 4.64. The Kier molecular flexibility index (Phi) is 5.48. The lowest BCUT2D eigenvalue weighted by Gasteiger charge is -1.98. The van der Waals surface area contributed by atoms with Crippen molar-refractivity contribution in [1.82, 2.24) is 4.98 Å². The van der Waals surface area contributed by atoms with Crippen LogP contribution in [-0.4, -0.2) is 23.5 Å². The molecule has 2 aromatic rings. The summed E-state index contributed by atoms with van der Waals surface area (Å²) in [7, 11) is 0. The lowest BCUT2D eigenvalue weighted by molar-refractivity contribution is -0.111. The summed E-state index contributed by atoms with van der Waals surface area (Å²) in [6.45, 7) is 3.73. The van der Waals surface area contributed by atoms with Crippen LogP contribution < -0.4 is 11.1 Å². The average Bonchev–Trinajstić information content (AvgIpc) is 2.87. The first-order valence-corrected chi connectivity index (χ1v) is 7.80. The fourth-order valence-electron chi connectivity index (χ4n) is 1.76. The van der Waals surface area contributed by atoms with Crippen LogP contribution >= 0.6 is 11.3 Å². The lowest BCUT2D eigenvalue weighted by Crippen LogP contribution is -2.07. The van der Waals surface area contributed by atoms with E-state index in [1.165, 1.54) is 6.08 Å². The zero-order valence-electron chi connectivity index (χ0n) is 12.8. The maximum absolute atomic E-state index is 11.9. The van der Waals surface area contributed by atoms with Gasteiger partial charge in [-0.05, 0) is 37.6 Å². The summed E-state index contributed by atoms with van der Waals surface area (Å²) >= 11 is 1.09. The number of nitrogens with two attached hydrogens (primary N) is 1. The van der Waals surface area contributed by atoms with Crippen molar-refractivity contribution in [2.24, 2.45) is 0 Å². The number of aromatic nitrogens is 1. The van der Waals surface area contributed by atoms with E-state index >= 15 is 0 Å². The first kappa shape index (κ1) is 16.7. The van der Waals surface area contributed by atoms with Crippen LogP contribution in [0.25, 0.3) is 6.08 Å². The van der Waals surface area contributed by atoms with Crippen molar-refractivity contribution in [1.29, 1.82) is 0 Å². The maximum atomic E-state index is 11.9. The van der Waals surface area contributed by atoms with E-state index in [2.05, 4.69) is 10.3 Å². The van der Waals surface area contributed by atoms with Gasteiger partial charge in [0.1, 0.15) is 4.88 Å². The first-order chi connectivity index (χ1) is 11.0. The molecule has 1 heterocycles. The van der Waals surface area contributed by atoms with Gasteiger partial charge in [0.2, 0.25) is 5.91 Å². The summed E-state index contributed by atoms with van der Waals surface area (Å²) in [4.78, 5) is 28.2. The number of aryl methyl sites for hydroxylation is 1. The Labute approximate surface area is 138 Å². The molecule has 3 N–H and O–H groups in total. The molecule has 6 nitrogen and oxygen atoms in total. The quantitative estimate of drug-likeness (QED) is 0.499. The molecular weight excluding hydrogens is 314 g/mol. The molecule has 1 aromatic carbocycles. The Morgan fingerprint density at radius 2 is 2.04 bits per heavy atom. The number of hydrogen-bond donors (Lipinski definition) is 2. The van der Waals surface area contributed by atoms with Crippen molar-refractivity contribution in [3.63, 3.8) is 0 Å². The Morgan fingerprint density at radius 3 is 2.70 bits per heavy atom. The van der Waals surface area contributed by atoms with Crippen LogP contribution in [0.15, 0.2) is 30.3 Å². The van der Waals surface area contributed by atoms with Crippen LogP contribution in [-0.2, 0) is 9.53 Å². The van der Waals surface area contributed by atoms with Gasteiger partial charge in [0.05, 0.1) is 12.3 Å². The number of nitrogen functional groups attached to an aromatic ring is 1. The highest BCUT2D eigenvalue weighted by atomic mass is 32.1. The highest BCUT2D eigenvalue weighted by Crippen LogP contribution is 2.23. The zero-order valence-corrected chi connectivity index (χ0v) is 13.6. The van der Waals surface area contributed by atoms with E-state index in [0.717, 1.165) is 16.9 Å².